The lowest BCUT2D eigenvalue weighted by Crippen LogP contribution is -2.53. The molecule has 4 aromatic rings. The molecule has 4 heterocycles. The summed E-state index contributed by atoms with van der Waals surface area (Å²) >= 11 is 0. The molecule has 0 spiro atoms. The van der Waals surface area contributed by atoms with E-state index in [0.717, 1.165) is 17.7 Å². The summed E-state index contributed by atoms with van der Waals surface area (Å²) < 4.78 is 3.41. The van der Waals surface area contributed by atoms with Gasteiger partial charge in [-0.05, 0) is 56.9 Å². The molecule has 2 aromatic heterocycles. The lowest BCUT2D eigenvalue weighted by Gasteiger charge is -2.43. The molecule has 2 aromatic carbocycles. The van der Waals surface area contributed by atoms with Gasteiger partial charge in [0.2, 0.25) is 5.91 Å². The largest absolute Gasteiger partial charge is 0.388 e. The molecule has 0 radical (unpaired) electrons. The average Bonchev–Trinajstić information content (AvgIpc) is 3.46. The molecule has 0 unspecified atom stereocenters. The average molecular weight is 582 g/mol. The van der Waals surface area contributed by atoms with Crippen LogP contribution in [-0.2, 0) is 17.9 Å². The van der Waals surface area contributed by atoms with Crippen molar-refractivity contribution in [3.63, 3.8) is 0 Å². The Kier molecular flexibility index (Phi) is 7.92. The molecule has 2 aliphatic heterocycles. The van der Waals surface area contributed by atoms with Crippen LogP contribution in [0.3, 0.4) is 0 Å². The highest BCUT2D eigenvalue weighted by atomic mass is 16.3. The smallest absolute Gasteiger partial charge is 0.262 e. The van der Waals surface area contributed by atoms with Gasteiger partial charge in [0.05, 0.1) is 17.5 Å². The standard InChI is InChI=1S/C34H39N5O4/c1-3-36-16-13-28-30(36)35-23-39(33(28)42)22-34(43)14-18-37(19-15-34)32(41)27-12-17-38(21-29(27)25-9-5-4-6-10-25)31(40)26-11-7-8-24(2)20-26/h4-11,13,16,20,23,27,29,43H,3,12,14-15,17-19,21-22H2,1-2H3/t27-,29+/m1/s1. The molecule has 43 heavy (non-hydrogen) atoms. The van der Waals surface area contributed by atoms with Crippen molar-refractivity contribution in [2.75, 3.05) is 26.2 Å². The molecule has 2 saturated heterocycles. The number of fused-ring (bicyclic) bond motifs is 1. The maximum absolute atomic E-state index is 14.0. The Morgan fingerprint density at radius 3 is 2.47 bits per heavy atom. The Balaban J connectivity index is 1.15. The van der Waals surface area contributed by atoms with Crippen molar-refractivity contribution < 1.29 is 14.7 Å². The van der Waals surface area contributed by atoms with E-state index < -0.39 is 5.60 Å². The van der Waals surface area contributed by atoms with E-state index in [2.05, 4.69) is 4.98 Å². The van der Waals surface area contributed by atoms with Gasteiger partial charge in [0, 0.05) is 56.3 Å². The van der Waals surface area contributed by atoms with Crippen molar-refractivity contribution in [3.05, 3.63) is 100 Å². The fourth-order valence-corrected chi connectivity index (χ4v) is 6.76. The number of aromatic nitrogens is 3. The third-order valence-electron chi connectivity index (χ3n) is 9.27. The molecule has 0 aliphatic carbocycles. The van der Waals surface area contributed by atoms with Crippen molar-refractivity contribution in [1.29, 1.82) is 0 Å². The molecule has 0 bridgehead atoms. The van der Waals surface area contributed by atoms with Crippen molar-refractivity contribution in [3.8, 4) is 0 Å². The summed E-state index contributed by atoms with van der Waals surface area (Å²) in [6.45, 7) is 6.66. The SMILES string of the molecule is CCn1ccc2c(=O)n(CC3(O)CCN(C(=O)[C@@H]4CCN(C(=O)c5cccc(C)c5)C[C@H]4c4ccccc4)CC3)cnc21. The summed E-state index contributed by atoms with van der Waals surface area (Å²) in [5.41, 5.74) is 2.14. The van der Waals surface area contributed by atoms with E-state index in [4.69, 9.17) is 0 Å². The quantitative estimate of drug-likeness (QED) is 0.373. The van der Waals surface area contributed by atoms with Crippen LogP contribution in [0.4, 0.5) is 0 Å². The van der Waals surface area contributed by atoms with Gasteiger partial charge in [-0.1, -0.05) is 48.0 Å². The van der Waals surface area contributed by atoms with Gasteiger partial charge >= 0.3 is 0 Å². The first-order valence-electron chi connectivity index (χ1n) is 15.2. The van der Waals surface area contributed by atoms with Crippen LogP contribution in [0.5, 0.6) is 0 Å². The number of nitrogens with zero attached hydrogens (tertiary/aromatic N) is 5. The number of hydrogen-bond acceptors (Lipinski definition) is 5. The van der Waals surface area contributed by atoms with E-state index >= 15 is 0 Å². The van der Waals surface area contributed by atoms with E-state index in [-0.39, 0.29) is 35.8 Å². The molecule has 2 atom stereocenters. The predicted octanol–water partition coefficient (Wildman–Crippen LogP) is 3.83. The fourth-order valence-electron chi connectivity index (χ4n) is 6.76. The third kappa shape index (κ3) is 5.73. The van der Waals surface area contributed by atoms with Crippen LogP contribution >= 0.6 is 0 Å². The second-order valence-corrected chi connectivity index (χ2v) is 12.1. The van der Waals surface area contributed by atoms with Crippen molar-refractivity contribution in [2.45, 2.75) is 57.7 Å². The summed E-state index contributed by atoms with van der Waals surface area (Å²) in [7, 11) is 0. The second-order valence-electron chi connectivity index (χ2n) is 12.1. The van der Waals surface area contributed by atoms with Crippen LogP contribution in [0.1, 0.15) is 53.6 Å². The van der Waals surface area contributed by atoms with E-state index in [9.17, 15) is 19.5 Å². The normalized spacial score (nSPS) is 20.3. The Morgan fingerprint density at radius 1 is 0.977 bits per heavy atom. The molecule has 224 valence electrons. The van der Waals surface area contributed by atoms with Crippen LogP contribution in [0, 0.1) is 12.8 Å². The fraction of sp³-hybridized carbons (Fsp3) is 0.412. The van der Waals surface area contributed by atoms with E-state index in [0.29, 0.717) is 62.0 Å². The van der Waals surface area contributed by atoms with Crippen molar-refractivity contribution >= 4 is 22.8 Å². The predicted molar refractivity (Wildman–Crippen MR) is 165 cm³/mol. The number of aliphatic hydroxyl groups is 1. The molecular weight excluding hydrogens is 542 g/mol. The molecule has 6 rings (SSSR count). The number of carbonyl (C=O) groups excluding carboxylic acids is 2. The maximum Gasteiger partial charge on any atom is 0.262 e. The van der Waals surface area contributed by atoms with Crippen molar-refractivity contribution in [2.24, 2.45) is 5.92 Å². The Hall–Kier alpha value is -4.24. The minimum absolute atomic E-state index is 0.00672. The minimum Gasteiger partial charge on any atom is -0.388 e. The number of rotatable bonds is 6. The molecule has 9 nitrogen and oxygen atoms in total. The van der Waals surface area contributed by atoms with Gasteiger partial charge in [0.25, 0.3) is 11.5 Å². The van der Waals surface area contributed by atoms with Gasteiger partial charge in [-0.15, -0.1) is 0 Å². The highest BCUT2D eigenvalue weighted by Gasteiger charge is 2.41. The first kappa shape index (κ1) is 28.9. The summed E-state index contributed by atoms with van der Waals surface area (Å²) in [5.74, 6) is -0.316. The topological polar surface area (TPSA) is 101 Å². The number of aryl methyl sites for hydroxylation is 2. The number of likely N-dealkylation sites (tertiary alicyclic amines) is 2. The Bertz CT molecular complexity index is 1690. The van der Waals surface area contributed by atoms with Crippen LogP contribution in [0.15, 0.2) is 78.0 Å². The maximum atomic E-state index is 14.0. The van der Waals surface area contributed by atoms with Crippen LogP contribution < -0.4 is 5.56 Å². The van der Waals surface area contributed by atoms with E-state index in [1.807, 2.05) is 89.0 Å². The second kappa shape index (κ2) is 11.8. The molecular formula is C34H39N5O4. The number of amides is 2. The first-order valence-corrected chi connectivity index (χ1v) is 15.2. The van der Waals surface area contributed by atoms with Gasteiger partial charge in [-0.25, -0.2) is 4.98 Å². The zero-order valence-corrected chi connectivity index (χ0v) is 24.9. The Labute approximate surface area is 251 Å². The minimum atomic E-state index is -1.11. The molecule has 2 fully saturated rings. The molecule has 1 N–H and O–H groups in total. The van der Waals surface area contributed by atoms with Crippen LogP contribution in [-0.4, -0.2) is 72.6 Å². The Morgan fingerprint density at radius 2 is 1.74 bits per heavy atom. The van der Waals surface area contributed by atoms with Gasteiger partial charge in [-0.3, -0.25) is 19.0 Å². The zero-order chi connectivity index (χ0) is 30.1. The van der Waals surface area contributed by atoms with Crippen molar-refractivity contribution in [1.82, 2.24) is 23.9 Å². The number of carbonyl (C=O) groups is 2. The lowest BCUT2D eigenvalue weighted by molar-refractivity contribution is -0.142. The van der Waals surface area contributed by atoms with E-state index in [1.54, 1.807) is 6.07 Å². The first-order chi connectivity index (χ1) is 20.8. The highest BCUT2D eigenvalue weighted by molar-refractivity contribution is 5.94. The summed E-state index contributed by atoms with van der Waals surface area (Å²) in [5, 5.41) is 12.0. The molecule has 0 saturated carbocycles. The number of piperidine rings is 2. The van der Waals surface area contributed by atoms with Crippen LogP contribution in [0.25, 0.3) is 11.0 Å². The monoisotopic (exact) mass is 581 g/mol. The molecule has 2 aliphatic rings. The highest BCUT2D eigenvalue weighted by Crippen LogP contribution is 2.36. The van der Waals surface area contributed by atoms with Gasteiger partial charge in [0.1, 0.15) is 12.0 Å². The molecule has 9 heteroatoms. The number of hydrogen-bond donors (Lipinski definition) is 1. The molecule has 2 amide bonds. The number of benzene rings is 2. The van der Waals surface area contributed by atoms with Crippen LogP contribution in [0.2, 0.25) is 0 Å². The summed E-state index contributed by atoms with van der Waals surface area (Å²) in [6, 6.07) is 19.4. The van der Waals surface area contributed by atoms with Gasteiger partial charge < -0.3 is 19.5 Å². The lowest BCUT2D eigenvalue weighted by atomic mass is 9.79. The van der Waals surface area contributed by atoms with Gasteiger partial charge in [-0.2, -0.15) is 0 Å². The zero-order valence-electron chi connectivity index (χ0n) is 24.9. The summed E-state index contributed by atoms with van der Waals surface area (Å²) in [4.78, 5) is 48.7. The third-order valence-corrected chi connectivity index (χ3v) is 9.27. The summed E-state index contributed by atoms with van der Waals surface area (Å²) in [6.07, 6.45) is 4.70. The van der Waals surface area contributed by atoms with Gasteiger partial charge in [0.15, 0.2) is 0 Å². The van der Waals surface area contributed by atoms with E-state index in [1.165, 1.54) is 10.9 Å².